The second kappa shape index (κ2) is 12.1. The van der Waals surface area contributed by atoms with Gasteiger partial charge in [0.2, 0.25) is 5.91 Å². The average molecular weight is 389 g/mol. The first kappa shape index (κ1) is 22.7. The number of esters is 1. The summed E-state index contributed by atoms with van der Waals surface area (Å²) in [5.41, 5.74) is 1.08. The van der Waals surface area contributed by atoms with E-state index in [1.807, 2.05) is 0 Å². The van der Waals surface area contributed by atoms with E-state index in [0.717, 1.165) is 0 Å². The molecule has 0 spiro atoms. The molecule has 28 heavy (non-hydrogen) atoms. The normalized spacial score (nSPS) is 9.54. The van der Waals surface area contributed by atoms with Gasteiger partial charge in [0.1, 0.15) is 5.56 Å². The fourth-order valence-corrected chi connectivity index (χ4v) is 1.95. The lowest BCUT2D eigenvalue weighted by atomic mass is 10.2. The van der Waals surface area contributed by atoms with Crippen LogP contribution in [0.3, 0.4) is 0 Å². The fourth-order valence-electron chi connectivity index (χ4n) is 1.95. The molecule has 0 heterocycles. The third-order valence-electron chi connectivity index (χ3n) is 3.08. The zero-order chi connectivity index (χ0) is 20.9. The Kier molecular flexibility index (Phi) is 9.77. The van der Waals surface area contributed by atoms with Crippen LogP contribution in [0.1, 0.15) is 41.5 Å². The number of carboxylic acids is 1. The highest BCUT2D eigenvalue weighted by molar-refractivity contribution is 5.95. The summed E-state index contributed by atoms with van der Waals surface area (Å²) in [7, 11) is 0. The number of carboxylic acid groups (broad SMARTS) is 1. The smallest absolute Gasteiger partial charge is 0.342 e. The summed E-state index contributed by atoms with van der Waals surface area (Å²) >= 11 is 0. The fraction of sp³-hybridized carbons (Fsp3) is 0.250. The zero-order valence-electron chi connectivity index (χ0n) is 15.9. The number of hydrogen-bond acceptors (Lipinski definition) is 6. The van der Waals surface area contributed by atoms with Gasteiger partial charge in [-0.25, -0.2) is 9.59 Å². The SMILES string of the molecule is CCOOc1cc(NC(C)=O)ccc1C(=O)OCC.O=C(O)c1ccccc1. The Morgan fingerprint density at radius 1 is 1.00 bits per heavy atom. The quantitative estimate of drug-likeness (QED) is 0.423. The van der Waals surface area contributed by atoms with Crippen LogP contribution < -0.4 is 10.2 Å². The Labute approximate surface area is 163 Å². The summed E-state index contributed by atoms with van der Waals surface area (Å²) in [5, 5.41) is 11.0. The van der Waals surface area contributed by atoms with Gasteiger partial charge in [-0.1, -0.05) is 18.2 Å². The van der Waals surface area contributed by atoms with Gasteiger partial charge in [-0.15, -0.1) is 0 Å². The molecule has 0 radical (unpaired) electrons. The Morgan fingerprint density at radius 2 is 1.68 bits per heavy atom. The van der Waals surface area contributed by atoms with Gasteiger partial charge in [0.15, 0.2) is 5.75 Å². The predicted octanol–water partition coefficient (Wildman–Crippen LogP) is 3.54. The van der Waals surface area contributed by atoms with E-state index in [1.54, 1.807) is 50.2 Å². The number of rotatable bonds is 7. The summed E-state index contributed by atoms with van der Waals surface area (Å²) in [6, 6.07) is 12.9. The number of benzene rings is 2. The molecule has 0 aliphatic carbocycles. The van der Waals surface area contributed by atoms with Crippen molar-refractivity contribution in [1.29, 1.82) is 0 Å². The Hall–Kier alpha value is -3.39. The van der Waals surface area contributed by atoms with E-state index in [1.165, 1.54) is 19.1 Å². The Bertz CT molecular complexity index is 790. The van der Waals surface area contributed by atoms with Crippen molar-refractivity contribution in [1.82, 2.24) is 0 Å². The van der Waals surface area contributed by atoms with Crippen LogP contribution in [-0.4, -0.2) is 36.2 Å². The predicted molar refractivity (Wildman–Crippen MR) is 102 cm³/mol. The molecule has 0 aliphatic rings. The van der Waals surface area contributed by atoms with Crippen LogP contribution in [-0.2, 0) is 14.4 Å². The molecule has 0 saturated carbocycles. The lowest BCUT2D eigenvalue weighted by molar-refractivity contribution is -0.202. The minimum atomic E-state index is -0.879. The maximum atomic E-state index is 11.7. The first-order valence-corrected chi connectivity index (χ1v) is 8.55. The van der Waals surface area contributed by atoms with Crippen molar-refractivity contribution in [2.45, 2.75) is 20.8 Å². The average Bonchev–Trinajstić information content (AvgIpc) is 2.67. The number of ether oxygens (including phenoxy) is 1. The topological polar surface area (TPSA) is 111 Å². The molecule has 2 rings (SSSR count). The van der Waals surface area contributed by atoms with Crippen molar-refractivity contribution in [3.63, 3.8) is 0 Å². The van der Waals surface area contributed by atoms with Gasteiger partial charge in [-0.05, 0) is 38.1 Å². The number of hydrogen-bond donors (Lipinski definition) is 2. The van der Waals surface area contributed by atoms with E-state index in [4.69, 9.17) is 19.6 Å². The summed E-state index contributed by atoms with van der Waals surface area (Å²) < 4.78 is 4.91. The summed E-state index contributed by atoms with van der Waals surface area (Å²) in [4.78, 5) is 42.8. The molecule has 0 aromatic heterocycles. The van der Waals surface area contributed by atoms with Gasteiger partial charge in [0, 0.05) is 18.7 Å². The van der Waals surface area contributed by atoms with Crippen LogP contribution in [0.2, 0.25) is 0 Å². The number of amides is 1. The largest absolute Gasteiger partial charge is 0.478 e. The van der Waals surface area contributed by atoms with Gasteiger partial charge in [-0.2, -0.15) is 4.89 Å². The molecule has 8 heteroatoms. The van der Waals surface area contributed by atoms with E-state index >= 15 is 0 Å². The highest BCUT2D eigenvalue weighted by Crippen LogP contribution is 2.24. The lowest BCUT2D eigenvalue weighted by Crippen LogP contribution is -2.10. The van der Waals surface area contributed by atoms with E-state index < -0.39 is 11.9 Å². The summed E-state index contributed by atoms with van der Waals surface area (Å²) in [6.45, 7) is 5.45. The minimum absolute atomic E-state index is 0.201. The van der Waals surface area contributed by atoms with E-state index in [9.17, 15) is 14.4 Å². The third kappa shape index (κ3) is 7.88. The molecular formula is C20H23NO7. The van der Waals surface area contributed by atoms with Crippen molar-refractivity contribution in [3.8, 4) is 5.75 Å². The number of carbonyl (C=O) groups excluding carboxylic acids is 2. The molecule has 0 fully saturated rings. The maximum absolute atomic E-state index is 11.7. The van der Waals surface area contributed by atoms with Gasteiger partial charge < -0.3 is 20.0 Å². The second-order valence-electron chi connectivity index (χ2n) is 5.27. The van der Waals surface area contributed by atoms with Gasteiger partial charge >= 0.3 is 11.9 Å². The molecular weight excluding hydrogens is 366 g/mol. The first-order valence-electron chi connectivity index (χ1n) is 8.55. The van der Waals surface area contributed by atoms with Crippen LogP contribution >= 0.6 is 0 Å². The van der Waals surface area contributed by atoms with E-state index in [-0.39, 0.29) is 23.8 Å². The molecule has 2 aromatic rings. The third-order valence-corrected chi connectivity index (χ3v) is 3.08. The molecule has 0 unspecified atom stereocenters. The summed E-state index contributed by atoms with van der Waals surface area (Å²) in [6.07, 6.45) is 0. The minimum Gasteiger partial charge on any atom is -0.478 e. The van der Waals surface area contributed by atoms with Crippen molar-refractivity contribution < 1.29 is 34.0 Å². The molecule has 0 atom stereocenters. The van der Waals surface area contributed by atoms with Crippen molar-refractivity contribution >= 4 is 23.5 Å². The van der Waals surface area contributed by atoms with E-state index in [2.05, 4.69) is 5.32 Å². The Morgan fingerprint density at radius 3 is 2.18 bits per heavy atom. The standard InChI is InChI=1S/C13H17NO5.C7H6O2/c1-4-17-13(16)11-7-6-10(14-9(3)15)8-12(11)19-18-5-2;8-7(9)6-4-2-1-3-5-6/h6-8H,4-5H2,1-3H3,(H,14,15);1-5H,(H,8,9). The molecule has 2 N–H and O–H groups in total. The first-order chi connectivity index (χ1) is 13.4. The zero-order valence-corrected chi connectivity index (χ0v) is 15.9. The molecule has 1 amide bonds. The second-order valence-corrected chi connectivity index (χ2v) is 5.27. The highest BCUT2D eigenvalue weighted by atomic mass is 17.2. The van der Waals surface area contributed by atoms with Crippen LogP contribution in [0.25, 0.3) is 0 Å². The number of nitrogens with one attached hydrogen (secondary N) is 1. The molecule has 150 valence electrons. The lowest BCUT2D eigenvalue weighted by Gasteiger charge is -2.10. The van der Waals surface area contributed by atoms with Gasteiger partial charge in [0.25, 0.3) is 0 Å². The summed E-state index contributed by atoms with van der Waals surface area (Å²) in [5.74, 6) is -1.40. The van der Waals surface area contributed by atoms with Crippen LogP contribution in [0, 0.1) is 0 Å². The maximum Gasteiger partial charge on any atom is 0.342 e. The van der Waals surface area contributed by atoms with Gasteiger partial charge in [-0.3, -0.25) is 4.79 Å². The number of anilines is 1. The van der Waals surface area contributed by atoms with Crippen molar-refractivity contribution in [2.24, 2.45) is 0 Å². The Balaban J connectivity index is 0.000000362. The molecule has 2 aromatic carbocycles. The van der Waals surface area contributed by atoms with Crippen molar-refractivity contribution in [3.05, 3.63) is 59.7 Å². The molecule has 8 nitrogen and oxygen atoms in total. The molecule has 0 bridgehead atoms. The van der Waals surface area contributed by atoms with Crippen LogP contribution in [0.5, 0.6) is 5.75 Å². The van der Waals surface area contributed by atoms with Crippen LogP contribution in [0.15, 0.2) is 48.5 Å². The number of aromatic carboxylic acids is 1. The number of carbonyl (C=O) groups is 3. The van der Waals surface area contributed by atoms with E-state index in [0.29, 0.717) is 17.9 Å². The highest BCUT2D eigenvalue weighted by Gasteiger charge is 2.15. The molecule has 0 saturated heterocycles. The molecule has 0 aliphatic heterocycles. The van der Waals surface area contributed by atoms with Crippen LogP contribution in [0.4, 0.5) is 5.69 Å². The monoisotopic (exact) mass is 389 g/mol. The van der Waals surface area contributed by atoms with Crippen molar-refractivity contribution in [2.75, 3.05) is 18.5 Å². The van der Waals surface area contributed by atoms with Gasteiger partial charge in [0.05, 0.1) is 18.8 Å².